The van der Waals surface area contributed by atoms with Gasteiger partial charge in [-0.15, -0.1) is 0 Å². The number of carbonyl (C=O) groups excluding carboxylic acids is 1. The molecule has 3 rings (SSSR count). The highest BCUT2D eigenvalue weighted by molar-refractivity contribution is 6.06. The predicted molar refractivity (Wildman–Crippen MR) is 73.4 cm³/mol. The molecule has 0 aliphatic heterocycles. The van der Waals surface area contributed by atoms with E-state index < -0.39 is 11.4 Å². The van der Waals surface area contributed by atoms with Gasteiger partial charge in [-0.2, -0.15) is 0 Å². The fourth-order valence-corrected chi connectivity index (χ4v) is 2.26. The molecule has 0 atom stereocenters. The lowest BCUT2D eigenvalue weighted by atomic mass is 10.1. The average molecular weight is 270 g/mol. The molecule has 1 aromatic heterocycles. The van der Waals surface area contributed by atoms with Crippen LogP contribution in [0.1, 0.15) is 23.2 Å². The van der Waals surface area contributed by atoms with E-state index >= 15 is 0 Å². The topological polar surface area (TPSA) is 79.3 Å². The van der Waals surface area contributed by atoms with Crippen LogP contribution in [0.15, 0.2) is 36.5 Å². The molecular formula is C15H14N2O3. The van der Waals surface area contributed by atoms with E-state index in [1.54, 1.807) is 12.3 Å². The Morgan fingerprint density at radius 1 is 1.25 bits per heavy atom. The molecule has 1 amide bonds. The second-order valence-electron chi connectivity index (χ2n) is 5.14. The Labute approximate surface area is 115 Å². The van der Waals surface area contributed by atoms with Gasteiger partial charge in [-0.05, 0) is 25.0 Å². The summed E-state index contributed by atoms with van der Waals surface area (Å²) in [5, 5.41) is 12.6. The van der Waals surface area contributed by atoms with Gasteiger partial charge in [-0.3, -0.25) is 14.6 Å². The second-order valence-corrected chi connectivity index (χ2v) is 5.14. The molecule has 1 aliphatic carbocycles. The van der Waals surface area contributed by atoms with Gasteiger partial charge in [0.2, 0.25) is 0 Å². The zero-order chi connectivity index (χ0) is 14.2. The van der Waals surface area contributed by atoms with Crippen molar-refractivity contribution in [2.75, 3.05) is 6.54 Å². The number of aromatic nitrogens is 1. The van der Waals surface area contributed by atoms with Crippen molar-refractivity contribution in [2.24, 2.45) is 5.41 Å². The Morgan fingerprint density at radius 3 is 2.70 bits per heavy atom. The van der Waals surface area contributed by atoms with E-state index in [9.17, 15) is 9.59 Å². The van der Waals surface area contributed by atoms with Crippen LogP contribution in [-0.2, 0) is 4.79 Å². The van der Waals surface area contributed by atoms with Crippen LogP contribution < -0.4 is 5.32 Å². The normalized spacial score (nSPS) is 15.8. The maximum atomic E-state index is 12.2. The molecule has 5 nitrogen and oxygen atoms in total. The molecule has 102 valence electrons. The Kier molecular flexibility index (Phi) is 2.89. The summed E-state index contributed by atoms with van der Waals surface area (Å²) in [4.78, 5) is 27.5. The molecule has 2 N–H and O–H groups in total. The van der Waals surface area contributed by atoms with E-state index in [4.69, 9.17) is 5.11 Å². The molecule has 2 aromatic rings. The number of hydrogen-bond donors (Lipinski definition) is 2. The van der Waals surface area contributed by atoms with Crippen LogP contribution in [0.4, 0.5) is 0 Å². The van der Waals surface area contributed by atoms with E-state index in [-0.39, 0.29) is 12.5 Å². The number of amides is 1. The lowest BCUT2D eigenvalue weighted by molar-refractivity contribution is -0.143. The molecule has 0 spiro atoms. The summed E-state index contributed by atoms with van der Waals surface area (Å²) in [5.74, 6) is -1.09. The first-order valence-electron chi connectivity index (χ1n) is 6.48. The first-order chi connectivity index (χ1) is 9.62. The first kappa shape index (κ1) is 12.6. The summed E-state index contributed by atoms with van der Waals surface area (Å²) in [6, 6.07) is 9.03. The van der Waals surface area contributed by atoms with Crippen molar-refractivity contribution in [1.29, 1.82) is 0 Å². The van der Waals surface area contributed by atoms with E-state index in [1.807, 2.05) is 24.3 Å². The number of aliphatic carboxylic acids is 1. The largest absolute Gasteiger partial charge is 0.481 e. The van der Waals surface area contributed by atoms with Crippen molar-refractivity contribution in [2.45, 2.75) is 12.8 Å². The fraction of sp³-hybridized carbons (Fsp3) is 0.267. The molecule has 20 heavy (non-hydrogen) atoms. The summed E-state index contributed by atoms with van der Waals surface area (Å²) in [7, 11) is 0. The Balaban J connectivity index is 1.81. The van der Waals surface area contributed by atoms with Crippen molar-refractivity contribution in [1.82, 2.24) is 10.3 Å². The van der Waals surface area contributed by atoms with Crippen LogP contribution in [0.25, 0.3) is 10.9 Å². The maximum absolute atomic E-state index is 12.2. The van der Waals surface area contributed by atoms with Gasteiger partial charge in [0.1, 0.15) is 0 Å². The third-order valence-electron chi connectivity index (χ3n) is 3.79. The lowest BCUT2D eigenvalue weighted by Crippen LogP contribution is -2.34. The van der Waals surface area contributed by atoms with Crippen LogP contribution in [-0.4, -0.2) is 28.5 Å². The molecule has 1 saturated carbocycles. The number of pyridine rings is 1. The number of carbonyl (C=O) groups is 2. The van der Waals surface area contributed by atoms with Crippen LogP contribution in [0.5, 0.6) is 0 Å². The summed E-state index contributed by atoms with van der Waals surface area (Å²) in [6.07, 6.45) is 2.83. The van der Waals surface area contributed by atoms with Gasteiger partial charge >= 0.3 is 5.97 Å². The zero-order valence-corrected chi connectivity index (χ0v) is 10.8. The highest BCUT2D eigenvalue weighted by Gasteiger charge is 2.50. The average Bonchev–Trinajstić information content (AvgIpc) is 3.25. The minimum absolute atomic E-state index is 0.178. The molecule has 0 saturated heterocycles. The van der Waals surface area contributed by atoms with Gasteiger partial charge in [0, 0.05) is 18.1 Å². The van der Waals surface area contributed by atoms with E-state index in [2.05, 4.69) is 10.3 Å². The molecule has 0 radical (unpaired) electrons. The minimum atomic E-state index is -0.836. The summed E-state index contributed by atoms with van der Waals surface area (Å²) < 4.78 is 0. The molecular weight excluding hydrogens is 256 g/mol. The van der Waals surface area contributed by atoms with E-state index in [0.29, 0.717) is 18.4 Å². The van der Waals surface area contributed by atoms with Crippen LogP contribution >= 0.6 is 0 Å². The molecule has 1 heterocycles. The molecule has 5 heteroatoms. The van der Waals surface area contributed by atoms with Gasteiger partial charge in [0.15, 0.2) is 0 Å². The summed E-state index contributed by atoms with van der Waals surface area (Å²) in [6.45, 7) is 0.178. The van der Waals surface area contributed by atoms with Gasteiger partial charge in [-0.25, -0.2) is 0 Å². The van der Waals surface area contributed by atoms with Gasteiger partial charge < -0.3 is 10.4 Å². The smallest absolute Gasteiger partial charge is 0.311 e. The van der Waals surface area contributed by atoms with Gasteiger partial charge in [0.25, 0.3) is 5.91 Å². The van der Waals surface area contributed by atoms with Crippen molar-refractivity contribution < 1.29 is 14.7 Å². The Morgan fingerprint density at radius 2 is 2.00 bits per heavy atom. The van der Waals surface area contributed by atoms with Crippen molar-refractivity contribution >= 4 is 22.8 Å². The maximum Gasteiger partial charge on any atom is 0.311 e. The number of carboxylic acids is 1. The van der Waals surface area contributed by atoms with Crippen molar-refractivity contribution in [3.05, 3.63) is 42.1 Å². The molecule has 0 unspecified atom stereocenters. The summed E-state index contributed by atoms with van der Waals surface area (Å²) >= 11 is 0. The third kappa shape index (κ3) is 2.11. The first-order valence-corrected chi connectivity index (χ1v) is 6.48. The number of carboxylic acid groups (broad SMARTS) is 1. The second kappa shape index (κ2) is 4.59. The highest BCUT2D eigenvalue weighted by Crippen LogP contribution is 2.45. The number of rotatable bonds is 4. The molecule has 1 aliphatic rings. The Bertz CT molecular complexity index is 687. The molecule has 1 aromatic carbocycles. The van der Waals surface area contributed by atoms with Crippen molar-refractivity contribution in [3.8, 4) is 0 Å². The number of para-hydroxylation sites is 1. The highest BCUT2D eigenvalue weighted by atomic mass is 16.4. The minimum Gasteiger partial charge on any atom is -0.481 e. The number of fused-ring (bicyclic) bond motifs is 1. The fourth-order valence-electron chi connectivity index (χ4n) is 2.26. The number of hydrogen-bond acceptors (Lipinski definition) is 3. The number of nitrogens with one attached hydrogen (secondary N) is 1. The third-order valence-corrected chi connectivity index (χ3v) is 3.79. The molecule has 0 bridgehead atoms. The van der Waals surface area contributed by atoms with E-state index in [0.717, 1.165) is 10.9 Å². The quantitative estimate of drug-likeness (QED) is 0.888. The monoisotopic (exact) mass is 270 g/mol. The summed E-state index contributed by atoms with van der Waals surface area (Å²) in [5.41, 5.74) is 0.523. The standard InChI is InChI=1S/C15H14N2O3/c18-13(17-9-15(6-7-15)14(19)20)11-5-8-16-12-4-2-1-3-10(11)12/h1-5,8H,6-7,9H2,(H,17,18)(H,19,20). The predicted octanol–water partition coefficient (Wildman–Crippen LogP) is 1.83. The number of benzene rings is 1. The van der Waals surface area contributed by atoms with Crippen LogP contribution in [0.2, 0.25) is 0 Å². The van der Waals surface area contributed by atoms with Crippen LogP contribution in [0, 0.1) is 5.41 Å². The molecule has 1 fully saturated rings. The Hall–Kier alpha value is -2.43. The van der Waals surface area contributed by atoms with Crippen LogP contribution in [0.3, 0.4) is 0 Å². The zero-order valence-electron chi connectivity index (χ0n) is 10.8. The number of nitrogens with zero attached hydrogens (tertiary/aromatic N) is 1. The SMILES string of the molecule is O=C(NCC1(C(=O)O)CC1)c1ccnc2ccccc12. The van der Waals surface area contributed by atoms with Crippen molar-refractivity contribution in [3.63, 3.8) is 0 Å². The van der Waals surface area contributed by atoms with Gasteiger partial charge in [-0.1, -0.05) is 18.2 Å². The lowest BCUT2D eigenvalue weighted by Gasteiger charge is -2.12. The van der Waals surface area contributed by atoms with Gasteiger partial charge in [0.05, 0.1) is 16.5 Å². The van der Waals surface area contributed by atoms with E-state index in [1.165, 1.54) is 0 Å².